The quantitative estimate of drug-likeness (QED) is 0.943. The zero-order valence-electron chi connectivity index (χ0n) is 11.9. The van der Waals surface area contributed by atoms with Crippen LogP contribution in [0.15, 0.2) is 42.5 Å². The summed E-state index contributed by atoms with van der Waals surface area (Å²) in [5.41, 5.74) is 3.40. The molecule has 0 bridgehead atoms. The molecule has 0 aromatic heterocycles. The van der Waals surface area contributed by atoms with Crippen molar-refractivity contribution in [1.29, 1.82) is 5.26 Å². The monoisotopic (exact) mass is 300 g/mol. The van der Waals surface area contributed by atoms with Gasteiger partial charge in [0.15, 0.2) is 0 Å². The van der Waals surface area contributed by atoms with Gasteiger partial charge in [-0.05, 0) is 48.7 Å². The molecule has 0 radical (unpaired) electrons. The average Bonchev–Trinajstić information content (AvgIpc) is 2.36. The van der Waals surface area contributed by atoms with Gasteiger partial charge >= 0.3 is 0 Å². The second-order valence-electron chi connectivity index (χ2n) is 5.01. The van der Waals surface area contributed by atoms with E-state index in [0.717, 1.165) is 11.1 Å². The number of benzene rings is 2. The van der Waals surface area contributed by atoms with Gasteiger partial charge in [0.1, 0.15) is 0 Å². The third kappa shape index (κ3) is 4.07. The lowest BCUT2D eigenvalue weighted by molar-refractivity contribution is 0.600. The Morgan fingerprint density at radius 1 is 1.10 bits per heavy atom. The Morgan fingerprint density at radius 3 is 2.33 bits per heavy atom. The van der Waals surface area contributed by atoms with Crippen molar-refractivity contribution in [2.75, 3.05) is 4.72 Å². The van der Waals surface area contributed by atoms with Crippen LogP contribution < -0.4 is 4.72 Å². The Bertz CT molecular complexity index is 785. The summed E-state index contributed by atoms with van der Waals surface area (Å²) in [7, 11) is -3.55. The van der Waals surface area contributed by atoms with Gasteiger partial charge in [-0.1, -0.05) is 24.3 Å². The van der Waals surface area contributed by atoms with Crippen molar-refractivity contribution in [2.24, 2.45) is 0 Å². The smallest absolute Gasteiger partial charge is 0.236 e. The Morgan fingerprint density at radius 2 is 1.71 bits per heavy atom. The second-order valence-corrected chi connectivity index (χ2v) is 6.73. The molecule has 0 amide bonds. The van der Waals surface area contributed by atoms with Crippen molar-refractivity contribution < 1.29 is 8.42 Å². The maximum Gasteiger partial charge on any atom is 0.236 e. The molecule has 0 atom stereocenters. The zero-order chi connectivity index (χ0) is 15.5. The van der Waals surface area contributed by atoms with Crippen molar-refractivity contribution >= 4 is 15.7 Å². The van der Waals surface area contributed by atoms with Crippen molar-refractivity contribution in [3.05, 3.63) is 64.7 Å². The van der Waals surface area contributed by atoms with Gasteiger partial charge in [-0.25, -0.2) is 8.42 Å². The Labute approximate surface area is 125 Å². The minimum absolute atomic E-state index is 0.219. The molecule has 5 heteroatoms. The van der Waals surface area contributed by atoms with E-state index in [1.165, 1.54) is 0 Å². The van der Waals surface area contributed by atoms with E-state index in [0.29, 0.717) is 16.8 Å². The molecule has 2 aromatic rings. The number of sulfonamides is 1. The van der Waals surface area contributed by atoms with Crippen molar-refractivity contribution in [1.82, 2.24) is 0 Å². The van der Waals surface area contributed by atoms with Crippen LogP contribution in [0, 0.1) is 25.2 Å². The highest BCUT2D eigenvalue weighted by molar-refractivity contribution is 7.91. The third-order valence-electron chi connectivity index (χ3n) is 2.98. The summed E-state index contributed by atoms with van der Waals surface area (Å²) in [6.45, 7) is 3.82. The lowest BCUT2D eigenvalue weighted by Gasteiger charge is -2.10. The molecular weight excluding hydrogens is 284 g/mol. The van der Waals surface area contributed by atoms with E-state index >= 15 is 0 Å². The van der Waals surface area contributed by atoms with E-state index < -0.39 is 10.0 Å². The molecule has 0 aliphatic carbocycles. The lowest BCUT2D eigenvalue weighted by atomic mass is 10.1. The fourth-order valence-corrected chi connectivity index (χ4v) is 3.42. The van der Waals surface area contributed by atoms with Gasteiger partial charge in [0.2, 0.25) is 10.0 Å². The number of nitrogens with zero attached hydrogens (tertiary/aromatic N) is 1. The zero-order valence-corrected chi connectivity index (χ0v) is 12.7. The molecule has 0 unspecified atom stereocenters. The van der Waals surface area contributed by atoms with Crippen molar-refractivity contribution in [3.63, 3.8) is 0 Å². The first-order valence-corrected chi connectivity index (χ1v) is 8.11. The first-order chi connectivity index (χ1) is 9.89. The molecule has 0 saturated heterocycles. The highest BCUT2D eigenvalue weighted by Gasteiger charge is 2.14. The average molecular weight is 300 g/mol. The van der Waals surface area contributed by atoms with E-state index in [4.69, 9.17) is 5.26 Å². The predicted octanol–water partition coefficient (Wildman–Crippen LogP) is 3.12. The van der Waals surface area contributed by atoms with Crippen LogP contribution >= 0.6 is 0 Å². The molecule has 0 aliphatic heterocycles. The maximum atomic E-state index is 12.2. The van der Waals surface area contributed by atoms with Crippen molar-refractivity contribution in [3.8, 4) is 6.07 Å². The van der Waals surface area contributed by atoms with Crippen LogP contribution in [-0.2, 0) is 15.8 Å². The van der Waals surface area contributed by atoms with Crippen LogP contribution in [0.5, 0.6) is 0 Å². The molecule has 0 heterocycles. The fourth-order valence-electron chi connectivity index (χ4n) is 2.21. The summed E-state index contributed by atoms with van der Waals surface area (Å²) in [5, 5.41) is 9.01. The van der Waals surface area contributed by atoms with Crippen LogP contribution in [0.4, 0.5) is 5.69 Å². The highest BCUT2D eigenvalue weighted by Crippen LogP contribution is 2.18. The SMILES string of the molecule is Cc1cc(C)cc(NS(=O)(=O)Cc2ccccc2C#N)c1. The van der Waals surface area contributed by atoms with Crippen LogP contribution in [0.25, 0.3) is 0 Å². The van der Waals surface area contributed by atoms with Gasteiger partial charge in [-0.2, -0.15) is 5.26 Å². The van der Waals surface area contributed by atoms with Crippen LogP contribution in [0.3, 0.4) is 0 Å². The topological polar surface area (TPSA) is 70.0 Å². The van der Waals surface area contributed by atoms with E-state index in [2.05, 4.69) is 4.72 Å². The number of hydrogen-bond acceptors (Lipinski definition) is 3. The van der Waals surface area contributed by atoms with E-state index in [1.54, 1.807) is 36.4 Å². The van der Waals surface area contributed by atoms with Gasteiger partial charge in [0.25, 0.3) is 0 Å². The molecule has 21 heavy (non-hydrogen) atoms. The summed E-state index contributed by atoms with van der Waals surface area (Å²) in [4.78, 5) is 0. The van der Waals surface area contributed by atoms with Gasteiger partial charge in [-0.3, -0.25) is 4.72 Å². The van der Waals surface area contributed by atoms with Gasteiger partial charge in [0, 0.05) is 5.69 Å². The normalized spacial score (nSPS) is 10.9. The predicted molar refractivity (Wildman–Crippen MR) is 83.3 cm³/mol. The van der Waals surface area contributed by atoms with E-state index in [9.17, 15) is 8.42 Å². The Hall–Kier alpha value is -2.32. The maximum absolute atomic E-state index is 12.2. The van der Waals surface area contributed by atoms with E-state index in [-0.39, 0.29) is 5.75 Å². The van der Waals surface area contributed by atoms with Gasteiger partial charge in [-0.15, -0.1) is 0 Å². The number of rotatable bonds is 4. The largest absolute Gasteiger partial charge is 0.283 e. The first-order valence-electron chi connectivity index (χ1n) is 6.46. The molecule has 0 aliphatic rings. The van der Waals surface area contributed by atoms with Crippen LogP contribution in [0.2, 0.25) is 0 Å². The molecular formula is C16H16N2O2S. The fraction of sp³-hybridized carbons (Fsp3) is 0.188. The number of aryl methyl sites for hydroxylation is 2. The van der Waals surface area contributed by atoms with Crippen LogP contribution in [-0.4, -0.2) is 8.42 Å². The summed E-state index contributed by atoms with van der Waals surface area (Å²) < 4.78 is 27.0. The Balaban J connectivity index is 2.25. The van der Waals surface area contributed by atoms with Crippen LogP contribution in [0.1, 0.15) is 22.3 Å². The summed E-state index contributed by atoms with van der Waals surface area (Å²) >= 11 is 0. The molecule has 0 saturated carbocycles. The minimum atomic E-state index is -3.55. The third-order valence-corrected chi connectivity index (χ3v) is 4.22. The standard InChI is InChI=1S/C16H16N2O2S/c1-12-7-13(2)9-16(8-12)18-21(19,20)11-15-6-4-3-5-14(15)10-17/h3-9,18H,11H2,1-2H3. The molecule has 2 rings (SSSR count). The lowest BCUT2D eigenvalue weighted by Crippen LogP contribution is -2.16. The van der Waals surface area contributed by atoms with Gasteiger partial charge in [0.05, 0.1) is 17.4 Å². The van der Waals surface area contributed by atoms with Gasteiger partial charge < -0.3 is 0 Å². The molecule has 0 spiro atoms. The number of hydrogen-bond donors (Lipinski definition) is 1. The molecule has 2 aromatic carbocycles. The number of anilines is 1. The highest BCUT2D eigenvalue weighted by atomic mass is 32.2. The minimum Gasteiger partial charge on any atom is -0.283 e. The molecule has 0 fully saturated rings. The summed E-state index contributed by atoms with van der Waals surface area (Å²) in [6, 6.07) is 14.2. The first kappa shape index (κ1) is 15.1. The number of nitriles is 1. The van der Waals surface area contributed by atoms with E-state index in [1.807, 2.05) is 26.0 Å². The molecule has 4 nitrogen and oxygen atoms in total. The molecule has 1 N–H and O–H groups in total. The second kappa shape index (κ2) is 5.98. The Kier molecular flexibility index (Phi) is 4.29. The number of nitrogens with one attached hydrogen (secondary N) is 1. The summed E-state index contributed by atoms with van der Waals surface area (Å²) in [6.07, 6.45) is 0. The van der Waals surface area contributed by atoms with Crippen molar-refractivity contribution in [2.45, 2.75) is 19.6 Å². The summed E-state index contributed by atoms with van der Waals surface area (Å²) in [5.74, 6) is -0.219. The molecule has 108 valence electrons.